The minimum Gasteiger partial charge on any atom is -0.396 e. The summed E-state index contributed by atoms with van der Waals surface area (Å²) in [5.41, 5.74) is -6.09. The number of rotatable bonds is 9. The van der Waals surface area contributed by atoms with E-state index in [0.717, 1.165) is 17.0 Å². The molecule has 0 radical (unpaired) electrons. The molecule has 2 aromatic carbocycles. The monoisotopic (exact) mass is 484 g/mol. The zero-order chi connectivity index (χ0) is 22.6. The van der Waals surface area contributed by atoms with E-state index in [-0.39, 0.29) is 13.0 Å². The Morgan fingerprint density at radius 2 is 1.70 bits per heavy atom. The number of nitrogens with two attached hydrogens (primary N) is 1. The molecule has 2 aromatic rings. The van der Waals surface area contributed by atoms with Crippen molar-refractivity contribution in [1.82, 2.24) is 0 Å². The van der Waals surface area contributed by atoms with Crippen LogP contribution in [0.1, 0.15) is 6.42 Å². The van der Waals surface area contributed by atoms with Crippen molar-refractivity contribution in [2.24, 2.45) is 5.14 Å². The summed E-state index contributed by atoms with van der Waals surface area (Å²) in [5.74, 6) is 0.299. The molecule has 0 amide bonds. The van der Waals surface area contributed by atoms with Crippen LogP contribution >= 0.6 is 11.8 Å². The van der Waals surface area contributed by atoms with E-state index in [1.807, 2.05) is 18.2 Å². The summed E-state index contributed by atoms with van der Waals surface area (Å²) in [6, 6.07) is 10.7. The zero-order valence-electron chi connectivity index (χ0n) is 15.3. The Morgan fingerprint density at radius 3 is 2.23 bits per heavy atom. The highest BCUT2D eigenvalue weighted by molar-refractivity contribution is 7.99. The predicted molar refractivity (Wildman–Crippen MR) is 107 cm³/mol. The molecule has 0 aliphatic carbocycles. The van der Waals surface area contributed by atoms with Gasteiger partial charge in [-0.05, 0) is 36.8 Å². The highest BCUT2D eigenvalue weighted by atomic mass is 32.2. The fourth-order valence-electron chi connectivity index (χ4n) is 2.43. The van der Waals surface area contributed by atoms with Gasteiger partial charge in [-0.15, -0.1) is 11.8 Å². The molecule has 4 N–H and O–H groups in total. The van der Waals surface area contributed by atoms with Gasteiger partial charge in [0, 0.05) is 23.3 Å². The second-order valence-electron chi connectivity index (χ2n) is 6.13. The van der Waals surface area contributed by atoms with Gasteiger partial charge in [0.25, 0.3) is 9.84 Å². The summed E-state index contributed by atoms with van der Waals surface area (Å²) in [5, 5.41) is 16.9. The summed E-state index contributed by atoms with van der Waals surface area (Å²) >= 11 is 1.35. The first kappa shape index (κ1) is 24.5. The van der Waals surface area contributed by atoms with Crippen LogP contribution in [0.3, 0.4) is 0 Å². The van der Waals surface area contributed by atoms with Gasteiger partial charge in [0.1, 0.15) is 4.90 Å². The third-order valence-electron chi connectivity index (χ3n) is 3.91. The number of aliphatic hydroxyl groups excluding tert-OH is 1. The average molecular weight is 485 g/mol. The minimum atomic E-state index is -5.87. The quantitative estimate of drug-likeness (QED) is 0.467. The van der Waals surface area contributed by atoms with E-state index in [4.69, 9.17) is 5.14 Å². The van der Waals surface area contributed by atoms with E-state index in [2.05, 4.69) is 5.32 Å². The lowest BCUT2D eigenvalue weighted by molar-refractivity contribution is -0.0435. The molecule has 7 nitrogen and oxygen atoms in total. The third-order valence-corrected chi connectivity index (χ3v) is 7.52. The van der Waals surface area contributed by atoms with Crippen molar-refractivity contribution < 1.29 is 35.1 Å². The second-order valence-corrected chi connectivity index (χ2v) is 10.7. The van der Waals surface area contributed by atoms with Gasteiger partial charge in [-0.2, -0.15) is 13.2 Å². The molecule has 0 heterocycles. The van der Waals surface area contributed by atoms with E-state index in [1.165, 1.54) is 11.8 Å². The molecule has 0 spiro atoms. The number of benzene rings is 2. The van der Waals surface area contributed by atoms with Crippen LogP contribution in [0.15, 0.2) is 63.2 Å². The maximum Gasteiger partial charge on any atom is 0.501 e. The number of thioether (sulfide) groups is 1. The van der Waals surface area contributed by atoms with Gasteiger partial charge in [0.15, 0.2) is 0 Å². The van der Waals surface area contributed by atoms with Gasteiger partial charge >= 0.3 is 5.51 Å². The highest BCUT2D eigenvalue weighted by Gasteiger charge is 2.48. The zero-order valence-corrected chi connectivity index (χ0v) is 17.8. The van der Waals surface area contributed by atoms with Crippen molar-refractivity contribution in [3.63, 3.8) is 0 Å². The number of sulfone groups is 1. The number of nitrogens with one attached hydrogen (secondary N) is 1. The molecule has 0 saturated carbocycles. The number of aliphatic hydroxyl groups is 1. The van der Waals surface area contributed by atoms with Crippen molar-refractivity contribution in [2.45, 2.75) is 32.7 Å². The van der Waals surface area contributed by atoms with Gasteiger partial charge in [-0.25, -0.2) is 22.0 Å². The van der Waals surface area contributed by atoms with Crippen LogP contribution in [0, 0.1) is 0 Å². The Kier molecular flexibility index (Phi) is 7.80. The van der Waals surface area contributed by atoms with E-state index in [9.17, 15) is 35.1 Å². The molecule has 30 heavy (non-hydrogen) atoms. The van der Waals surface area contributed by atoms with Crippen LogP contribution in [-0.2, 0) is 19.9 Å². The Hall–Kier alpha value is -1.80. The van der Waals surface area contributed by atoms with Crippen molar-refractivity contribution in [3.05, 3.63) is 48.5 Å². The number of hydrogen-bond acceptors (Lipinski definition) is 7. The van der Waals surface area contributed by atoms with Crippen LogP contribution < -0.4 is 10.5 Å². The number of halogens is 3. The van der Waals surface area contributed by atoms with E-state index >= 15 is 0 Å². The van der Waals surface area contributed by atoms with Gasteiger partial charge in [0.2, 0.25) is 10.0 Å². The largest absolute Gasteiger partial charge is 0.501 e. The number of primary sulfonamides is 1. The van der Waals surface area contributed by atoms with E-state index in [0.29, 0.717) is 11.8 Å². The summed E-state index contributed by atoms with van der Waals surface area (Å²) in [4.78, 5) is -1.16. The van der Waals surface area contributed by atoms with Crippen molar-refractivity contribution in [1.29, 1.82) is 0 Å². The summed E-state index contributed by atoms with van der Waals surface area (Å²) in [7, 11) is -10.3. The first-order chi connectivity index (χ1) is 13.9. The fourth-order valence-corrected chi connectivity index (χ4v) is 4.99. The van der Waals surface area contributed by atoms with Crippen LogP contribution in [0.2, 0.25) is 0 Å². The number of hydrogen-bond donors (Lipinski definition) is 3. The third kappa shape index (κ3) is 6.11. The molecule has 0 aromatic heterocycles. The molecule has 0 bridgehead atoms. The maximum absolute atomic E-state index is 13.1. The number of alkyl halides is 3. The van der Waals surface area contributed by atoms with Crippen molar-refractivity contribution >= 4 is 37.3 Å². The molecule has 166 valence electrons. The fraction of sp³-hybridized carbons (Fsp3) is 0.294. The predicted octanol–water partition coefficient (Wildman–Crippen LogP) is 2.58. The Balaban J connectivity index is 2.42. The SMILES string of the molecule is NS(=O)(=O)c1ccc(N[C@H](CCO)CSc2ccccc2)c(S(=O)(=O)C(F)(F)F)c1. The van der Waals surface area contributed by atoms with E-state index < -0.39 is 46.9 Å². The highest BCUT2D eigenvalue weighted by Crippen LogP contribution is 2.36. The molecular formula is C17H19F3N2O5S3. The molecule has 2 rings (SSSR count). The van der Waals surface area contributed by atoms with Crippen molar-refractivity contribution in [2.75, 3.05) is 17.7 Å². The average Bonchev–Trinajstić information content (AvgIpc) is 2.65. The summed E-state index contributed by atoms with van der Waals surface area (Å²) in [6.45, 7) is -0.302. The Morgan fingerprint density at radius 1 is 1.07 bits per heavy atom. The lowest BCUT2D eigenvalue weighted by atomic mass is 10.2. The smallest absolute Gasteiger partial charge is 0.396 e. The lowest BCUT2D eigenvalue weighted by Crippen LogP contribution is -2.28. The molecule has 0 fully saturated rings. The van der Waals surface area contributed by atoms with E-state index in [1.54, 1.807) is 12.1 Å². The minimum absolute atomic E-state index is 0.113. The maximum atomic E-state index is 13.1. The normalized spacial score (nSPS) is 13.8. The molecule has 1 atom stereocenters. The summed E-state index contributed by atoms with van der Waals surface area (Å²) in [6.07, 6.45) is 0.113. The number of anilines is 1. The molecular weight excluding hydrogens is 465 g/mol. The van der Waals surface area contributed by atoms with Crippen molar-refractivity contribution in [3.8, 4) is 0 Å². The lowest BCUT2D eigenvalue weighted by Gasteiger charge is -2.22. The molecule has 0 saturated heterocycles. The molecule has 13 heteroatoms. The Bertz CT molecular complexity index is 1080. The van der Waals surface area contributed by atoms with Crippen LogP contribution in [0.4, 0.5) is 18.9 Å². The molecule has 0 unspecified atom stereocenters. The van der Waals surface area contributed by atoms with Crippen LogP contribution in [0.5, 0.6) is 0 Å². The van der Waals surface area contributed by atoms with Crippen LogP contribution in [-0.4, -0.2) is 45.9 Å². The summed E-state index contributed by atoms with van der Waals surface area (Å²) < 4.78 is 86.5. The first-order valence-electron chi connectivity index (χ1n) is 8.39. The van der Waals surface area contributed by atoms with Gasteiger partial charge in [-0.3, -0.25) is 0 Å². The Labute approximate surface area is 176 Å². The van der Waals surface area contributed by atoms with Gasteiger partial charge < -0.3 is 10.4 Å². The standard InChI is InChI=1S/C17H19F3N2O5S3/c18-17(19,20)29(24,25)16-10-14(30(21,26)27)6-7-15(16)22-12(8-9-23)11-28-13-4-2-1-3-5-13/h1-7,10,12,22-23H,8-9,11H2,(H2,21,26,27)/t12-/m1/s1. The topological polar surface area (TPSA) is 127 Å². The van der Waals surface area contributed by atoms with Crippen LogP contribution in [0.25, 0.3) is 0 Å². The van der Waals surface area contributed by atoms with Gasteiger partial charge in [0.05, 0.1) is 10.6 Å². The van der Waals surface area contributed by atoms with Gasteiger partial charge in [-0.1, -0.05) is 18.2 Å². The molecule has 0 aliphatic heterocycles. The molecule has 0 aliphatic rings. The number of sulfonamides is 1. The second kappa shape index (κ2) is 9.56. The first-order valence-corrected chi connectivity index (χ1v) is 12.4.